The summed E-state index contributed by atoms with van der Waals surface area (Å²) in [5, 5.41) is 0.742. The highest BCUT2D eigenvalue weighted by atomic mass is 35.5. The number of carbonyl (C=O) groups is 2. The Morgan fingerprint density at radius 2 is 1.91 bits per heavy atom. The summed E-state index contributed by atoms with van der Waals surface area (Å²) in [7, 11) is 3.22. The number of benzene rings is 2. The van der Waals surface area contributed by atoms with E-state index in [1.807, 2.05) is 25.1 Å². The minimum absolute atomic E-state index is 0.0437. The van der Waals surface area contributed by atoms with Crippen LogP contribution < -0.4 is 9.64 Å². The van der Waals surface area contributed by atoms with Crippen molar-refractivity contribution in [2.45, 2.75) is 71.0 Å². The molecule has 7 nitrogen and oxygen atoms in total. The van der Waals surface area contributed by atoms with Gasteiger partial charge in [0.25, 0.3) is 0 Å². The second-order valence-electron chi connectivity index (χ2n) is 11.9. The van der Waals surface area contributed by atoms with E-state index in [0.29, 0.717) is 37.0 Å². The summed E-state index contributed by atoms with van der Waals surface area (Å²) in [6.45, 7) is 4.41. The fraction of sp³-hybridized carbons (Fsp3) is 0.543. The maximum absolute atomic E-state index is 12.5. The van der Waals surface area contributed by atoms with Gasteiger partial charge in [0.15, 0.2) is 0 Å². The predicted molar refractivity (Wildman–Crippen MR) is 168 cm³/mol. The van der Waals surface area contributed by atoms with E-state index < -0.39 is 0 Å². The lowest BCUT2D eigenvalue weighted by Gasteiger charge is -2.45. The fourth-order valence-corrected chi connectivity index (χ4v) is 7.07. The maximum atomic E-state index is 12.5. The first-order valence-corrected chi connectivity index (χ1v) is 16.0. The Morgan fingerprint density at radius 1 is 1.05 bits per heavy atom. The predicted octanol–water partition coefficient (Wildman–Crippen LogP) is 7.18. The zero-order chi connectivity index (χ0) is 30.3. The van der Waals surface area contributed by atoms with Gasteiger partial charge in [-0.05, 0) is 117 Å². The first-order valence-electron chi connectivity index (χ1n) is 15.7. The number of esters is 2. The lowest BCUT2D eigenvalue weighted by atomic mass is 9.67. The molecule has 43 heavy (non-hydrogen) atoms. The van der Waals surface area contributed by atoms with Crippen molar-refractivity contribution in [1.29, 1.82) is 0 Å². The van der Waals surface area contributed by atoms with Crippen LogP contribution in [0.2, 0.25) is 5.02 Å². The molecule has 1 saturated carbocycles. The molecule has 3 aliphatic rings. The molecule has 8 heteroatoms. The van der Waals surface area contributed by atoms with E-state index in [9.17, 15) is 9.59 Å². The summed E-state index contributed by atoms with van der Waals surface area (Å²) < 4.78 is 22.9. The van der Waals surface area contributed by atoms with Crippen LogP contribution >= 0.6 is 11.6 Å². The molecule has 0 saturated heterocycles. The number of carbonyl (C=O) groups excluding carboxylic acids is 2. The minimum atomic E-state index is -0.358. The van der Waals surface area contributed by atoms with Crippen LogP contribution in [-0.4, -0.2) is 52.0 Å². The topological polar surface area (TPSA) is 74.3 Å². The molecule has 5 rings (SSSR count). The maximum Gasteiger partial charge on any atom is 0.337 e. The van der Waals surface area contributed by atoms with Crippen molar-refractivity contribution in [3.05, 3.63) is 69.8 Å². The molecule has 2 aromatic carbocycles. The summed E-state index contributed by atoms with van der Waals surface area (Å²) >= 11 is 6.33. The summed E-state index contributed by atoms with van der Waals surface area (Å²) in [6, 6.07) is 11.6. The number of nitrogens with zero attached hydrogens (tertiary/aromatic N) is 1. The molecule has 0 spiro atoms. The summed E-state index contributed by atoms with van der Waals surface area (Å²) in [6.07, 6.45) is 9.84. The van der Waals surface area contributed by atoms with E-state index in [0.717, 1.165) is 80.1 Å². The standard InChI is InChI=1S/C35H44ClNO6/c1-4-42-35(39)24-10-8-23(9-11-24)33(40-2)30-16-13-27(30)21-37-18-6-5-7-25-19-29(36)15-12-28(25)22-43-32-17-14-26(20-31(32)37)34(38)41-3/h8,12,14-15,17,19-20,24,27,30,33H,4-7,9-11,13,16,18,21-22H2,1-3H3/t24?,27-,30+,33+/m0/s1. The van der Waals surface area contributed by atoms with Crippen LogP contribution in [0.5, 0.6) is 5.75 Å². The smallest absolute Gasteiger partial charge is 0.337 e. The molecule has 2 aliphatic carbocycles. The Labute approximate surface area is 260 Å². The van der Waals surface area contributed by atoms with Gasteiger partial charge in [-0.1, -0.05) is 23.7 Å². The van der Waals surface area contributed by atoms with E-state index in [1.54, 1.807) is 13.2 Å². The Bertz CT molecular complexity index is 1330. The van der Waals surface area contributed by atoms with E-state index >= 15 is 0 Å². The summed E-state index contributed by atoms with van der Waals surface area (Å²) in [4.78, 5) is 27.2. The molecule has 1 heterocycles. The van der Waals surface area contributed by atoms with Gasteiger partial charge in [-0.2, -0.15) is 0 Å². The molecule has 2 aromatic rings. The second kappa shape index (κ2) is 14.6. The average Bonchev–Trinajstić information content (AvgIpc) is 3.04. The molecule has 232 valence electrons. The van der Waals surface area contributed by atoms with Crippen LogP contribution in [0.4, 0.5) is 5.69 Å². The number of rotatable bonds is 8. The van der Waals surface area contributed by atoms with Gasteiger partial charge in [0.1, 0.15) is 12.4 Å². The number of hydrogen-bond acceptors (Lipinski definition) is 7. The van der Waals surface area contributed by atoms with Crippen LogP contribution in [0.1, 0.15) is 73.4 Å². The van der Waals surface area contributed by atoms with Crippen LogP contribution in [0.3, 0.4) is 0 Å². The Hall–Kier alpha value is -3.03. The molecule has 1 unspecified atom stereocenters. The first kappa shape index (κ1) is 31.4. The Balaban J connectivity index is 1.36. The Morgan fingerprint density at radius 3 is 2.60 bits per heavy atom. The molecule has 1 fully saturated rings. The highest BCUT2D eigenvalue weighted by molar-refractivity contribution is 6.30. The van der Waals surface area contributed by atoms with Crippen LogP contribution in [0.25, 0.3) is 0 Å². The number of ether oxygens (including phenoxy) is 4. The van der Waals surface area contributed by atoms with Gasteiger partial charge >= 0.3 is 11.9 Å². The van der Waals surface area contributed by atoms with Crippen LogP contribution in [0, 0.1) is 17.8 Å². The third-order valence-electron chi connectivity index (χ3n) is 9.40. The van der Waals surface area contributed by atoms with Crippen molar-refractivity contribution in [3.63, 3.8) is 0 Å². The van der Waals surface area contributed by atoms with Gasteiger partial charge in [-0.15, -0.1) is 0 Å². The van der Waals surface area contributed by atoms with E-state index in [2.05, 4.69) is 23.1 Å². The molecule has 1 aliphatic heterocycles. The monoisotopic (exact) mass is 609 g/mol. The van der Waals surface area contributed by atoms with Crippen molar-refractivity contribution >= 4 is 29.2 Å². The van der Waals surface area contributed by atoms with Gasteiger partial charge in [0.2, 0.25) is 0 Å². The van der Waals surface area contributed by atoms with Crippen molar-refractivity contribution in [2.75, 3.05) is 38.8 Å². The zero-order valence-corrected chi connectivity index (χ0v) is 26.4. The Kier molecular flexibility index (Phi) is 10.7. The van der Waals surface area contributed by atoms with Crippen molar-refractivity contribution in [3.8, 4) is 5.75 Å². The third kappa shape index (κ3) is 7.38. The normalized spacial score (nSPS) is 22.8. The third-order valence-corrected chi connectivity index (χ3v) is 9.64. The van der Waals surface area contributed by atoms with Crippen molar-refractivity contribution in [2.24, 2.45) is 17.8 Å². The van der Waals surface area contributed by atoms with Gasteiger partial charge < -0.3 is 23.8 Å². The number of hydrogen-bond donors (Lipinski definition) is 0. The van der Waals surface area contributed by atoms with Gasteiger partial charge in [-0.3, -0.25) is 4.79 Å². The summed E-state index contributed by atoms with van der Waals surface area (Å²) in [5.41, 5.74) is 5.10. The highest BCUT2D eigenvalue weighted by Crippen LogP contribution is 2.44. The fourth-order valence-electron chi connectivity index (χ4n) is 6.87. The average molecular weight is 610 g/mol. The quantitative estimate of drug-likeness (QED) is 0.232. The van der Waals surface area contributed by atoms with Gasteiger partial charge in [-0.25, -0.2) is 4.79 Å². The number of aryl methyl sites for hydroxylation is 1. The van der Waals surface area contributed by atoms with Crippen molar-refractivity contribution in [1.82, 2.24) is 0 Å². The number of anilines is 1. The SMILES string of the molecule is CCOC(=O)C1CC=C([C@@H](OC)[C@@H]2CC[C@H]2CN2CCCCc3cc(Cl)ccc3COc3ccc(C(=O)OC)cc32)CC1. The molecular weight excluding hydrogens is 566 g/mol. The number of halogens is 1. The number of methoxy groups -OCH3 is 2. The molecule has 0 radical (unpaired) electrons. The van der Waals surface area contributed by atoms with Gasteiger partial charge in [0, 0.05) is 25.2 Å². The molecule has 0 N–H and O–H groups in total. The number of fused-ring (bicyclic) bond motifs is 2. The molecular formula is C35H44ClNO6. The van der Waals surface area contributed by atoms with Crippen LogP contribution in [0.15, 0.2) is 48.0 Å². The summed E-state index contributed by atoms with van der Waals surface area (Å²) in [5.74, 6) is 1.08. The molecule has 0 aromatic heterocycles. The lowest BCUT2D eigenvalue weighted by molar-refractivity contribution is -0.148. The first-order chi connectivity index (χ1) is 20.9. The van der Waals surface area contributed by atoms with E-state index in [4.69, 9.17) is 30.5 Å². The second-order valence-corrected chi connectivity index (χ2v) is 12.4. The van der Waals surface area contributed by atoms with Crippen molar-refractivity contribution < 1.29 is 28.5 Å². The lowest BCUT2D eigenvalue weighted by Crippen LogP contribution is -2.45. The largest absolute Gasteiger partial charge is 0.487 e. The molecule has 4 atom stereocenters. The van der Waals surface area contributed by atoms with E-state index in [1.165, 1.54) is 18.2 Å². The highest BCUT2D eigenvalue weighted by Gasteiger charge is 2.41. The minimum Gasteiger partial charge on any atom is -0.487 e. The molecule has 0 amide bonds. The van der Waals surface area contributed by atoms with Crippen LogP contribution in [-0.2, 0) is 32.0 Å². The molecule has 0 bridgehead atoms. The number of allylic oxidation sites excluding steroid dienone is 1. The van der Waals surface area contributed by atoms with E-state index in [-0.39, 0.29) is 24.0 Å². The van der Waals surface area contributed by atoms with Gasteiger partial charge in [0.05, 0.1) is 37.0 Å². The zero-order valence-electron chi connectivity index (χ0n) is 25.6.